The minimum absolute atomic E-state index is 0.0211. The highest BCUT2D eigenvalue weighted by Gasteiger charge is 2.32. The molecule has 1 heterocycles. The third-order valence-corrected chi connectivity index (χ3v) is 7.11. The molecular formula is C19H25N3O5S. The van der Waals surface area contributed by atoms with Crippen LogP contribution < -0.4 is 5.32 Å². The van der Waals surface area contributed by atoms with E-state index in [1.165, 1.54) is 24.4 Å². The number of hydrogen-bond acceptors (Lipinski definition) is 6. The van der Waals surface area contributed by atoms with E-state index in [1.807, 2.05) is 6.92 Å². The lowest BCUT2D eigenvalue weighted by Crippen LogP contribution is -2.33. The number of nitro groups is 1. The van der Waals surface area contributed by atoms with Gasteiger partial charge in [0.15, 0.2) is 0 Å². The first kappa shape index (κ1) is 20.3. The van der Waals surface area contributed by atoms with Crippen molar-refractivity contribution in [1.29, 1.82) is 0 Å². The van der Waals surface area contributed by atoms with Crippen LogP contribution in [0.1, 0.15) is 32.6 Å². The van der Waals surface area contributed by atoms with Gasteiger partial charge in [0.05, 0.1) is 17.1 Å². The molecule has 0 atom stereocenters. The van der Waals surface area contributed by atoms with Crippen LogP contribution >= 0.6 is 0 Å². The van der Waals surface area contributed by atoms with Crippen molar-refractivity contribution in [2.75, 3.05) is 18.4 Å². The summed E-state index contributed by atoms with van der Waals surface area (Å²) in [5.41, 5.74) is -0.911. The van der Waals surface area contributed by atoms with Crippen molar-refractivity contribution >= 4 is 21.4 Å². The van der Waals surface area contributed by atoms with Crippen LogP contribution in [0.15, 0.2) is 47.5 Å². The summed E-state index contributed by atoms with van der Waals surface area (Å²) in [5, 5.41) is 24.6. The molecule has 9 heteroatoms. The van der Waals surface area contributed by atoms with Crippen LogP contribution in [0.25, 0.3) is 0 Å². The van der Waals surface area contributed by atoms with E-state index >= 15 is 0 Å². The molecule has 1 aliphatic heterocycles. The summed E-state index contributed by atoms with van der Waals surface area (Å²) in [6.45, 7) is 2.40. The van der Waals surface area contributed by atoms with E-state index in [9.17, 15) is 23.6 Å². The highest BCUT2D eigenvalue weighted by atomic mass is 32.2. The summed E-state index contributed by atoms with van der Waals surface area (Å²) in [6, 6.07) is 4.08. The number of rotatable bonds is 6. The van der Waals surface area contributed by atoms with Gasteiger partial charge in [-0.05, 0) is 50.7 Å². The Morgan fingerprint density at radius 1 is 1.32 bits per heavy atom. The zero-order chi connectivity index (χ0) is 20.4. The van der Waals surface area contributed by atoms with E-state index in [-0.39, 0.29) is 28.7 Å². The Bertz CT molecular complexity index is 898. The third kappa shape index (κ3) is 4.36. The lowest BCUT2D eigenvalue weighted by molar-refractivity contribution is -0.384. The van der Waals surface area contributed by atoms with Gasteiger partial charge in [-0.1, -0.05) is 18.2 Å². The minimum atomic E-state index is -3.93. The Hall–Kier alpha value is -2.39. The van der Waals surface area contributed by atoms with Crippen LogP contribution in [0.3, 0.4) is 0 Å². The molecule has 1 aliphatic carbocycles. The zero-order valence-electron chi connectivity index (χ0n) is 15.7. The number of nitrogens with one attached hydrogen (secondary N) is 1. The average molecular weight is 407 g/mol. The van der Waals surface area contributed by atoms with Crippen LogP contribution in [0.4, 0.5) is 11.4 Å². The molecule has 0 amide bonds. The summed E-state index contributed by atoms with van der Waals surface area (Å²) in [5.74, 6) is 0.216. The SMILES string of the molecule is CC1(O)CCC(CNc2c([N+](=O)[O-])cccc2S(=O)(=O)N2C=CC=CC2)CC1. The lowest BCUT2D eigenvalue weighted by atomic mass is 9.80. The predicted octanol–water partition coefficient (Wildman–Crippen LogP) is 3.02. The Morgan fingerprint density at radius 3 is 2.64 bits per heavy atom. The monoisotopic (exact) mass is 407 g/mol. The van der Waals surface area contributed by atoms with E-state index in [0.29, 0.717) is 19.4 Å². The normalized spacial score (nSPS) is 24.9. The summed E-state index contributed by atoms with van der Waals surface area (Å²) in [4.78, 5) is 10.8. The van der Waals surface area contributed by atoms with Gasteiger partial charge >= 0.3 is 0 Å². The number of anilines is 1. The molecule has 8 nitrogen and oxygen atoms in total. The van der Waals surface area contributed by atoms with Gasteiger partial charge in [0.1, 0.15) is 10.6 Å². The average Bonchev–Trinajstić information content (AvgIpc) is 2.67. The third-order valence-electron chi connectivity index (χ3n) is 5.32. The second kappa shape index (κ2) is 7.92. The summed E-state index contributed by atoms with van der Waals surface area (Å²) in [7, 11) is -3.93. The topological polar surface area (TPSA) is 113 Å². The van der Waals surface area contributed by atoms with Gasteiger partial charge in [0, 0.05) is 18.8 Å². The Morgan fingerprint density at radius 2 is 2.04 bits per heavy atom. The summed E-state index contributed by atoms with van der Waals surface area (Å²) >= 11 is 0. The quantitative estimate of drug-likeness (QED) is 0.554. The van der Waals surface area contributed by atoms with Crippen LogP contribution in [-0.2, 0) is 10.0 Å². The van der Waals surface area contributed by atoms with Gasteiger partial charge < -0.3 is 10.4 Å². The molecule has 0 radical (unpaired) electrons. The lowest BCUT2D eigenvalue weighted by Gasteiger charge is -2.33. The maximum Gasteiger partial charge on any atom is 0.293 e. The number of para-hydroxylation sites is 1. The first-order valence-electron chi connectivity index (χ1n) is 9.29. The van der Waals surface area contributed by atoms with Crippen LogP contribution in [0.5, 0.6) is 0 Å². The molecule has 2 N–H and O–H groups in total. The molecule has 0 saturated heterocycles. The maximum atomic E-state index is 13.1. The fraction of sp³-hybridized carbons (Fsp3) is 0.474. The number of nitrogens with zero attached hydrogens (tertiary/aromatic N) is 2. The second-order valence-corrected chi connectivity index (χ2v) is 9.43. The minimum Gasteiger partial charge on any atom is -0.390 e. The second-order valence-electron chi connectivity index (χ2n) is 7.57. The number of allylic oxidation sites excluding steroid dienone is 2. The molecule has 3 rings (SSSR count). The molecule has 1 saturated carbocycles. The molecule has 152 valence electrons. The highest BCUT2D eigenvalue weighted by Crippen LogP contribution is 2.36. The van der Waals surface area contributed by atoms with Crippen molar-refractivity contribution in [3.63, 3.8) is 0 Å². The zero-order valence-corrected chi connectivity index (χ0v) is 16.6. The van der Waals surface area contributed by atoms with Gasteiger partial charge in [0.25, 0.3) is 15.7 Å². The van der Waals surface area contributed by atoms with E-state index in [0.717, 1.165) is 17.1 Å². The van der Waals surface area contributed by atoms with Gasteiger partial charge in [-0.25, -0.2) is 8.42 Å². The van der Waals surface area contributed by atoms with Crippen LogP contribution in [0, 0.1) is 16.0 Å². The Labute approximate surface area is 164 Å². The fourth-order valence-corrected chi connectivity index (χ4v) is 5.02. The number of hydrogen-bond donors (Lipinski definition) is 2. The maximum absolute atomic E-state index is 13.1. The number of nitro benzene ring substituents is 1. The van der Waals surface area contributed by atoms with Gasteiger partial charge in [0.2, 0.25) is 0 Å². The number of sulfonamides is 1. The highest BCUT2D eigenvalue weighted by molar-refractivity contribution is 7.89. The van der Waals surface area contributed by atoms with Crippen LogP contribution in [-0.4, -0.2) is 41.4 Å². The van der Waals surface area contributed by atoms with Gasteiger partial charge in [-0.2, -0.15) is 0 Å². The molecule has 1 aromatic rings. The van der Waals surface area contributed by atoms with Crippen molar-refractivity contribution in [3.05, 3.63) is 52.7 Å². The molecule has 0 aromatic heterocycles. The molecule has 0 unspecified atom stereocenters. The first-order valence-corrected chi connectivity index (χ1v) is 10.7. The van der Waals surface area contributed by atoms with E-state index in [1.54, 1.807) is 18.2 Å². The van der Waals surface area contributed by atoms with Gasteiger partial charge in [-0.15, -0.1) is 0 Å². The summed E-state index contributed by atoms with van der Waals surface area (Å²) < 4.78 is 27.3. The van der Waals surface area contributed by atoms with Crippen molar-refractivity contribution in [3.8, 4) is 0 Å². The molecule has 0 bridgehead atoms. The molecule has 2 aliphatic rings. The molecule has 1 fully saturated rings. The standard InChI is InChI=1S/C19H25N3O5S/c1-19(23)10-8-15(9-11-19)14-20-18-16(22(24)25)6-5-7-17(18)28(26,27)21-12-3-2-4-13-21/h2-7,12,15,20,23H,8-11,13-14H2,1H3. The molecule has 1 aromatic carbocycles. The van der Waals surface area contributed by atoms with Crippen molar-refractivity contribution < 1.29 is 18.4 Å². The summed E-state index contributed by atoms with van der Waals surface area (Å²) in [6.07, 6.45) is 9.39. The molecular weight excluding hydrogens is 382 g/mol. The van der Waals surface area contributed by atoms with E-state index in [4.69, 9.17) is 0 Å². The van der Waals surface area contributed by atoms with Gasteiger partial charge in [-0.3, -0.25) is 14.4 Å². The Kier molecular flexibility index (Phi) is 5.76. The number of aliphatic hydroxyl groups is 1. The molecule has 28 heavy (non-hydrogen) atoms. The van der Waals surface area contributed by atoms with E-state index in [2.05, 4.69) is 5.32 Å². The number of benzene rings is 1. The predicted molar refractivity (Wildman–Crippen MR) is 106 cm³/mol. The van der Waals surface area contributed by atoms with Crippen molar-refractivity contribution in [2.24, 2.45) is 5.92 Å². The van der Waals surface area contributed by atoms with E-state index < -0.39 is 20.5 Å². The smallest absolute Gasteiger partial charge is 0.293 e. The largest absolute Gasteiger partial charge is 0.390 e. The Balaban J connectivity index is 1.87. The van der Waals surface area contributed by atoms with Crippen molar-refractivity contribution in [1.82, 2.24) is 4.31 Å². The fourth-order valence-electron chi connectivity index (χ4n) is 3.57. The van der Waals surface area contributed by atoms with Crippen LogP contribution in [0.2, 0.25) is 0 Å². The molecule has 0 spiro atoms. The first-order chi connectivity index (χ1) is 13.2. The van der Waals surface area contributed by atoms with Crippen molar-refractivity contribution in [2.45, 2.75) is 43.1 Å².